The minimum absolute atomic E-state index is 0.0142. The summed E-state index contributed by atoms with van der Waals surface area (Å²) in [6.07, 6.45) is -4.63. The summed E-state index contributed by atoms with van der Waals surface area (Å²) >= 11 is 0. The molecule has 0 fully saturated rings. The highest BCUT2D eigenvalue weighted by Crippen LogP contribution is 2.34. The Bertz CT molecular complexity index is 836. The number of alkyl halides is 3. The molecule has 2 rings (SSSR count). The van der Waals surface area contributed by atoms with Crippen LogP contribution < -0.4 is 14.8 Å². The Morgan fingerprint density at radius 1 is 1.00 bits per heavy atom. The lowest BCUT2D eigenvalue weighted by molar-refractivity contribution is -0.137. The molecule has 6 nitrogen and oxygen atoms in total. The first-order chi connectivity index (χ1) is 12.8. The van der Waals surface area contributed by atoms with E-state index in [1.54, 1.807) is 6.07 Å². The van der Waals surface area contributed by atoms with Crippen molar-refractivity contribution < 1.29 is 37.0 Å². The lowest BCUT2D eigenvalue weighted by Gasteiger charge is -2.14. The van der Waals surface area contributed by atoms with Crippen molar-refractivity contribution in [1.29, 1.82) is 0 Å². The van der Waals surface area contributed by atoms with Crippen molar-refractivity contribution in [2.45, 2.75) is 6.18 Å². The minimum Gasteiger partial charge on any atom is -0.493 e. The van der Waals surface area contributed by atoms with E-state index in [-0.39, 0.29) is 17.1 Å². The van der Waals surface area contributed by atoms with Gasteiger partial charge in [-0.25, -0.2) is 4.79 Å². The second-order valence-corrected chi connectivity index (χ2v) is 5.21. The Labute approximate surface area is 152 Å². The zero-order valence-corrected chi connectivity index (χ0v) is 14.4. The van der Waals surface area contributed by atoms with Crippen molar-refractivity contribution in [3.8, 4) is 11.5 Å². The fourth-order valence-electron chi connectivity index (χ4n) is 2.28. The highest BCUT2D eigenvalue weighted by Gasteiger charge is 2.33. The molecule has 2 aromatic rings. The first-order valence-electron chi connectivity index (χ1n) is 7.62. The lowest BCUT2D eigenvalue weighted by atomic mass is 10.1. The number of esters is 1. The summed E-state index contributed by atoms with van der Waals surface area (Å²) in [7, 11) is 2.72. The van der Waals surface area contributed by atoms with Crippen LogP contribution in [0, 0.1) is 0 Å². The number of para-hydroxylation sites is 2. The van der Waals surface area contributed by atoms with Crippen molar-refractivity contribution in [1.82, 2.24) is 0 Å². The number of methoxy groups -OCH3 is 2. The Hall–Kier alpha value is -3.23. The fourth-order valence-corrected chi connectivity index (χ4v) is 2.28. The third kappa shape index (κ3) is 4.90. The highest BCUT2D eigenvalue weighted by molar-refractivity contribution is 5.97. The summed E-state index contributed by atoms with van der Waals surface area (Å²) in [5.41, 5.74) is -1.41. The highest BCUT2D eigenvalue weighted by atomic mass is 19.4. The van der Waals surface area contributed by atoms with Gasteiger partial charge < -0.3 is 19.5 Å². The van der Waals surface area contributed by atoms with E-state index < -0.39 is 35.9 Å². The predicted molar refractivity (Wildman–Crippen MR) is 89.9 cm³/mol. The SMILES string of the molecule is COc1cccc(C(=O)OCC(=O)Nc2ccccc2C(F)(F)F)c1OC. The Balaban J connectivity index is 2.06. The van der Waals surface area contributed by atoms with Gasteiger partial charge in [0.1, 0.15) is 5.56 Å². The number of hydrogen-bond acceptors (Lipinski definition) is 5. The van der Waals surface area contributed by atoms with Gasteiger partial charge in [-0.15, -0.1) is 0 Å². The van der Waals surface area contributed by atoms with Crippen LogP contribution in [0.25, 0.3) is 0 Å². The summed E-state index contributed by atoms with van der Waals surface area (Å²) in [4.78, 5) is 24.1. The molecule has 0 radical (unpaired) electrons. The number of ether oxygens (including phenoxy) is 3. The van der Waals surface area contributed by atoms with Crippen LogP contribution in [0.2, 0.25) is 0 Å². The zero-order valence-electron chi connectivity index (χ0n) is 14.4. The predicted octanol–water partition coefficient (Wildman–Crippen LogP) is 3.52. The fraction of sp³-hybridized carbons (Fsp3) is 0.222. The molecule has 0 aromatic heterocycles. The molecule has 27 heavy (non-hydrogen) atoms. The zero-order chi connectivity index (χ0) is 20.0. The number of anilines is 1. The summed E-state index contributed by atoms with van der Waals surface area (Å²) in [5.74, 6) is -1.39. The van der Waals surface area contributed by atoms with Gasteiger partial charge in [-0.3, -0.25) is 4.79 Å². The monoisotopic (exact) mass is 383 g/mol. The van der Waals surface area contributed by atoms with Crippen LogP contribution in [0.15, 0.2) is 42.5 Å². The molecule has 0 atom stereocenters. The van der Waals surface area contributed by atoms with Gasteiger partial charge in [0.25, 0.3) is 5.91 Å². The normalized spacial score (nSPS) is 10.9. The molecule has 0 bridgehead atoms. The van der Waals surface area contributed by atoms with E-state index in [4.69, 9.17) is 14.2 Å². The summed E-state index contributed by atoms with van der Waals surface area (Å²) in [6.45, 7) is -0.772. The van der Waals surface area contributed by atoms with Crippen LogP contribution in [0.1, 0.15) is 15.9 Å². The average Bonchev–Trinajstić information content (AvgIpc) is 2.64. The van der Waals surface area contributed by atoms with Crippen LogP contribution in [-0.2, 0) is 15.7 Å². The third-order valence-electron chi connectivity index (χ3n) is 3.46. The van der Waals surface area contributed by atoms with E-state index >= 15 is 0 Å². The van der Waals surface area contributed by atoms with Gasteiger partial charge in [0, 0.05) is 0 Å². The summed E-state index contributed by atoms with van der Waals surface area (Å²) < 4.78 is 53.8. The van der Waals surface area contributed by atoms with Gasteiger partial charge in [-0.1, -0.05) is 18.2 Å². The smallest absolute Gasteiger partial charge is 0.418 e. The molecule has 0 saturated heterocycles. The molecule has 1 amide bonds. The summed E-state index contributed by atoms with van der Waals surface area (Å²) in [6, 6.07) is 8.98. The summed E-state index contributed by atoms with van der Waals surface area (Å²) in [5, 5.41) is 2.08. The molecule has 0 aliphatic carbocycles. The van der Waals surface area contributed by atoms with Crippen LogP contribution in [0.4, 0.5) is 18.9 Å². The largest absolute Gasteiger partial charge is 0.493 e. The van der Waals surface area contributed by atoms with Crippen molar-refractivity contribution in [2.24, 2.45) is 0 Å². The van der Waals surface area contributed by atoms with Crippen molar-refractivity contribution >= 4 is 17.6 Å². The minimum atomic E-state index is -4.63. The maximum absolute atomic E-state index is 12.9. The van der Waals surface area contributed by atoms with E-state index in [1.807, 2.05) is 0 Å². The van der Waals surface area contributed by atoms with Crippen molar-refractivity contribution in [2.75, 3.05) is 26.1 Å². The standard InChI is InChI=1S/C18H16F3NO5/c1-25-14-9-5-6-11(16(14)26-2)17(24)27-10-15(23)22-13-8-4-3-7-12(13)18(19,20)21/h3-9H,10H2,1-2H3,(H,22,23). The van der Waals surface area contributed by atoms with E-state index in [2.05, 4.69) is 5.32 Å². The second kappa shape index (κ2) is 8.43. The maximum Gasteiger partial charge on any atom is 0.418 e. The Morgan fingerprint density at radius 3 is 2.33 bits per heavy atom. The topological polar surface area (TPSA) is 73.9 Å². The second-order valence-electron chi connectivity index (χ2n) is 5.21. The van der Waals surface area contributed by atoms with Gasteiger partial charge in [0.2, 0.25) is 0 Å². The molecule has 144 valence electrons. The molecular weight excluding hydrogens is 367 g/mol. The van der Waals surface area contributed by atoms with Gasteiger partial charge in [-0.2, -0.15) is 13.2 Å². The average molecular weight is 383 g/mol. The number of halogens is 3. The van der Waals surface area contributed by atoms with Crippen molar-refractivity contribution in [3.05, 3.63) is 53.6 Å². The molecular formula is C18H16F3NO5. The molecule has 0 saturated carbocycles. The van der Waals surface area contributed by atoms with Gasteiger partial charge in [-0.05, 0) is 24.3 Å². The van der Waals surface area contributed by atoms with Crippen LogP contribution >= 0.6 is 0 Å². The third-order valence-corrected chi connectivity index (χ3v) is 3.46. The molecule has 0 spiro atoms. The molecule has 1 N–H and O–H groups in total. The molecule has 0 aliphatic heterocycles. The van der Waals surface area contributed by atoms with E-state index in [9.17, 15) is 22.8 Å². The quantitative estimate of drug-likeness (QED) is 0.773. The number of nitrogens with one attached hydrogen (secondary N) is 1. The Morgan fingerprint density at radius 2 is 1.70 bits per heavy atom. The van der Waals surface area contributed by atoms with E-state index in [0.717, 1.165) is 12.1 Å². The molecule has 0 heterocycles. The number of amides is 1. The van der Waals surface area contributed by atoms with Gasteiger partial charge >= 0.3 is 12.1 Å². The number of hydrogen-bond donors (Lipinski definition) is 1. The number of carbonyl (C=O) groups excluding carboxylic acids is 2. The first kappa shape index (κ1) is 20.1. The number of benzene rings is 2. The van der Waals surface area contributed by atoms with Crippen LogP contribution in [-0.4, -0.2) is 32.7 Å². The molecule has 0 aliphatic rings. The molecule has 0 unspecified atom stereocenters. The van der Waals surface area contributed by atoms with Crippen LogP contribution in [0.5, 0.6) is 11.5 Å². The lowest BCUT2D eigenvalue weighted by Crippen LogP contribution is -2.23. The first-order valence-corrected chi connectivity index (χ1v) is 7.62. The number of carbonyl (C=O) groups is 2. The molecule has 9 heteroatoms. The van der Waals surface area contributed by atoms with Crippen molar-refractivity contribution in [3.63, 3.8) is 0 Å². The van der Waals surface area contributed by atoms with E-state index in [1.165, 1.54) is 38.5 Å². The Kier molecular flexibility index (Phi) is 6.27. The van der Waals surface area contributed by atoms with Gasteiger partial charge in [0.15, 0.2) is 18.1 Å². The van der Waals surface area contributed by atoms with Crippen LogP contribution in [0.3, 0.4) is 0 Å². The molecule has 2 aromatic carbocycles. The van der Waals surface area contributed by atoms with Gasteiger partial charge in [0.05, 0.1) is 25.5 Å². The van der Waals surface area contributed by atoms with E-state index in [0.29, 0.717) is 0 Å². The number of rotatable bonds is 6. The maximum atomic E-state index is 12.9.